The van der Waals surface area contributed by atoms with Gasteiger partial charge < -0.3 is 10.6 Å². The van der Waals surface area contributed by atoms with E-state index in [2.05, 4.69) is 32.7 Å². The van der Waals surface area contributed by atoms with Crippen molar-refractivity contribution in [2.75, 3.05) is 10.6 Å². The minimum Gasteiger partial charge on any atom is -0.354 e. The average molecular weight is 473 g/mol. The molecule has 1 amide bonds. The molecule has 0 aliphatic rings. The minimum absolute atomic E-state index is 0.00503. The highest BCUT2D eigenvalue weighted by Crippen LogP contribution is 2.26. The van der Waals surface area contributed by atoms with E-state index in [1.807, 2.05) is 60.7 Å². The van der Waals surface area contributed by atoms with Crippen LogP contribution in [0, 0.1) is 0 Å². The lowest BCUT2D eigenvalue weighted by Gasteiger charge is -2.11. The molecule has 0 aliphatic carbocycles. The largest absolute Gasteiger partial charge is 0.354 e. The first-order valence-corrected chi connectivity index (χ1v) is 11.6. The molecule has 2 heterocycles. The van der Waals surface area contributed by atoms with Crippen LogP contribution in [-0.2, 0) is 6.42 Å². The number of carbonyl (C=O) groups is 2. The molecule has 0 atom stereocenters. The number of anilines is 3. The van der Waals surface area contributed by atoms with Crippen LogP contribution in [0.2, 0.25) is 0 Å². The second-order valence-corrected chi connectivity index (χ2v) is 8.52. The van der Waals surface area contributed by atoms with Crippen molar-refractivity contribution in [1.29, 1.82) is 0 Å². The fraction of sp³-hybridized carbons (Fsp3) is 0.0667. The van der Waals surface area contributed by atoms with Gasteiger partial charge in [-0.3, -0.25) is 14.6 Å². The highest BCUT2D eigenvalue weighted by molar-refractivity contribution is 6.03. The van der Waals surface area contributed by atoms with E-state index < -0.39 is 0 Å². The van der Waals surface area contributed by atoms with Crippen molar-refractivity contribution in [2.45, 2.75) is 13.3 Å². The zero-order valence-corrected chi connectivity index (χ0v) is 19.7. The highest BCUT2D eigenvalue weighted by atomic mass is 16.2. The Hall–Kier alpha value is -4.84. The first-order chi connectivity index (χ1) is 17.5. The minimum atomic E-state index is -0.280. The molecule has 0 fully saturated rings. The van der Waals surface area contributed by atoms with Crippen molar-refractivity contribution in [2.24, 2.45) is 0 Å². The normalized spacial score (nSPS) is 10.7. The molecule has 6 heteroatoms. The molecule has 0 radical (unpaired) electrons. The lowest BCUT2D eigenvalue weighted by Crippen LogP contribution is -2.13. The third kappa shape index (κ3) is 5.28. The quantitative estimate of drug-likeness (QED) is 0.267. The molecule has 0 aliphatic heterocycles. The van der Waals surface area contributed by atoms with E-state index >= 15 is 0 Å². The van der Waals surface area contributed by atoms with E-state index in [0.29, 0.717) is 16.9 Å². The van der Waals surface area contributed by atoms with Gasteiger partial charge in [0.15, 0.2) is 5.78 Å². The van der Waals surface area contributed by atoms with Crippen LogP contribution in [-0.4, -0.2) is 21.7 Å². The number of pyridine rings is 2. The van der Waals surface area contributed by atoms with Crippen molar-refractivity contribution >= 4 is 39.7 Å². The number of nitrogens with one attached hydrogen (secondary N) is 2. The summed E-state index contributed by atoms with van der Waals surface area (Å²) < 4.78 is 0. The Morgan fingerprint density at radius 1 is 0.778 bits per heavy atom. The third-order valence-corrected chi connectivity index (χ3v) is 5.89. The lowest BCUT2D eigenvalue weighted by molar-refractivity contribution is 0.101. The molecule has 5 rings (SSSR count). The van der Waals surface area contributed by atoms with Gasteiger partial charge in [0.05, 0.1) is 17.4 Å². The van der Waals surface area contributed by atoms with Crippen LogP contribution < -0.4 is 10.6 Å². The highest BCUT2D eigenvalue weighted by Gasteiger charge is 2.10. The Morgan fingerprint density at radius 2 is 1.53 bits per heavy atom. The first kappa shape index (κ1) is 22.9. The fourth-order valence-corrected chi connectivity index (χ4v) is 3.96. The van der Waals surface area contributed by atoms with Crippen molar-refractivity contribution in [3.05, 3.63) is 126 Å². The number of nitrogens with zero attached hydrogens (tertiary/aromatic N) is 2. The van der Waals surface area contributed by atoms with E-state index in [4.69, 9.17) is 0 Å². The summed E-state index contributed by atoms with van der Waals surface area (Å²) in [5.41, 5.74) is 6.37. The molecule has 6 nitrogen and oxygen atoms in total. The average Bonchev–Trinajstić information content (AvgIpc) is 2.91. The van der Waals surface area contributed by atoms with Gasteiger partial charge in [0.1, 0.15) is 5.69 Å². The van der Waals surface area contributed by atoms with E-state index in [1.54, 1.807) is 30.6 Å². The van der Waals surface area contributed by atoms with E-state index in [-0.39, 0.29) is 11.7 Å². The SMILES string of the molecule is CC(=O)c1ccc2nccc(Nc3ccc(C(=O)Nc4ccc(Cc5ccccc5)cc4)nc3)c2c1. The summed E-state index contributed by atoms with van der Waals surface area (Å²) in [5, 5.41) is 7.04. The third-order valence-electron chi connectivity index (χ3n) is 5.89. The number of amides is 1. The number of benzene rings is 3. The molecule has 2 aromatic heterocycles. The second-order valence-electron chi connectivity index (χ2n) is 8.52. The van der Waals surface area contributed by atoms with Gasteiger partial charge in [-0.15, -0.1) is 0 Å². The number of aromatic nitrogens is 2. The van der Waals surface area contributed by atoms with Crippen LogP contribution in [0.1, 0.15) is 38.9 Å². The molecule has 176 valence electrons. The number of carbonyl (C=O) groups excluding carboxylic acids is 2. The lowest BCUT2D eigenvalue weighted by atomic mass is 10.0. The predicted molar refractivity (Wildman–Crippen MR) is 143 cm³/mol. The summed E-state index contributed by atoms with van der Waals surface area (Å²) in [6, 6.07) is 28.8. The molecule has 0 unspecified atom stereocenters. The molecule has 0 saturated carbocycles. The van der Waals surface area contributed by atoms with Gasteiger partial charge in [-0.05, 0) is 73.0 Å². The molecule has 0 bridgehead atoms. The molecule has 36 heavy (non-hydrogen) atoms. The van der Waals surface area contributed by atoms with Crippen LogP contribution in [0.25, 0.3) is 10.9 Å². The summed E-state index contributed by atoms with van der Waals surface area (Å²) >= 11 is 0. The Morgan fingerprint density at radius 3 is 2.25 bits per heavy atom. The Kier molecular flexibility index (Phi) is 6.49. The van der Waals surface area contributed by atoms with Gasteiger partial charge in [0.2, 0.25) is 0 Å². The number of Topliss-reactive ketones (excluding diaryl/α,β-unsaturated/α-hetero) is 1. The van der Waals surface area contributed by atoms with Gasteiger partial charge in [-0.1, -0.05) is 42.5 Å². The maximum atomic E-state index is 12.7. The number of rotatable bonds is 7. The summed E-state index contributed by atoms with van der Waals surface area (Å²) in [5.74, 6) is -0.285. The molecular formula is C30H24N4O2. The van der Waals surface area contributed by atoms with Crippen molar-refractivity contribution < 1.29 is 9.59 Å². The Bertz CT molecular complexity index is 1530. The molecule has 0 spiro atoms. The van der Waals surface area contributed by atoms with Gasteiger partial charge in [0, 0.05) is 28.5 Å². The Labute approximate surface area is 209 Å². The molecule has 2 N–H and O–H groups in total. The topological polar surface area (TPSA) is 84.0 Å². The monoisotopic (exact) mass is 472 g/mol. The van der Waals surface area contributed by atoms with Crippen LogP contribution in [0.5, 0.6) is 0 Å². The van der Waals surface area contributed by atoms with E-state index in [9.17, 15) is 9.59 Å². The number of ketones is 1. The van der Waals surface area contributed by atoms with Gasteiger partial charge in [-0.2, -0.15) is 0 Å². The number of fused-ring (bicyclic) bond motifs is 1. The summed E-state index contributed by atoms with van der Waals surface area (Å²) in [6.45, 7) is 1.54. The maximum Gasteiger partial charge on any atom is 0.274 e. The van der Waals surface area contributed by atoms with Gasteiger partial charge in [0.25, 0.3) is 5.91 Å². The van der Waals surface area contributed by atoms with Gasteiger partial charge >= 0.3 is 0 Å². The Balaban J connectivity index is 1.25. The zero-order valence-electron chi connectivity index (χ0n) is 19.7. The smallest absolute Gasteiger partial charge is 0.274 e. The maximum absolute atomic E-state index is 12.7. The van der Waals surface area contributed by atoms with Crippen molar-refractivity contribution in [3.63, 3.8) is 0 Å². The van der Waals surface area contributed by atoms with Crippen LogP contribution in [0.15, 0.2) is 103 Å². The molecule has 0 saturated heterocycles. The summed E-state index contributed by atoms with van der Waals surface area (Å²) in [7, 11) is 0. The molecule has 3 aromatic carbocycles. The fourth-order valence-electron chi connectivity index (χ4n) is 3.96. The van der Waals surface area contributed by atoms with Gasteiger partial charge in [-0.25, -0.2) is 4.98 Å². The van der Waals surface area contributed by atoms with Crippen LogP contribution in [0.4, 0.5) is 17.1 Å². The second kappa shape index (κ2) is 10.2. The van der Waals surface area contributed by atoms with E-state index in [1.165, 1.54) is 18.1 Å². The zero-order chi connectivity index (χ0) is 24.9. The summed E-state index contributed by atoms with van der Waals surface area (Å²) in [4.78, 5) is 33.2. The predicted octanol–water partition coefficient (Wildman–Crippen LogP) is 6.42. The van der Waals surface area contributed by atoms with E-state index in [0.717, 1.165) is 28.7 Å². The molecule has 5 aromatic rings. The molecular weight excluding hydrogens is 448 g/mol. The van der Waals surface area contributed by atoms with Crippen molar-refractivity contribution in [1.82, 2.24) is 9.97 Å². The van der Waals surface area contributed by atoms with Crippen LogP contribution in [0.3, 0.4) is 0 Å². The summed E-state index contributed by atoms with van der Waals surface area (Å²) in [6.07, 6.45) is 4.16. The van der Waals surface area contributed by atoms with Crippen molar-refractivity contribution in [3.8, 4) is 0 Å². The first-order valence-electron chi connectivity index (χ1n) is 11.6. The number of hydrogen-bond acceptors (Lipinski definition) is 5. The van der Waals surface area contributed by atoms with Crippen LogP contribution >= 0.6 is 0 Å². The standard InChI is InChI=1S/C30H24N4O2/c1-20(35)23-9-13-27-26(18-23)28(15-16-31-27)33-25-12-14-29(32-19-25)30(36)34-24-10-7-22(8-11-24)17-21-5-3-2-4-6-21/h2-16,18-19H,17H2,1H3,(H,31,33)(H,34,36). The number of hydrogen-bond donors (Lipinski definition) is 2.